The minimum absolute atomic E-state index is 0.629. The number of nitrogens with zero attached hydrogens (tertiary/aromatic N) is 1. The molecule has 0 atom stereocenters. The van der Waals surface area contributed by atoms with Gasteiger partial charge in [-0.15, -0.1) is 22.7 Å². The minimum atomic E-state index is 0.629. The van der Waals surface area contributed by atoms with Crippen molar-refractivity contribution < 1.29 is 0 Å². The minimum Gasteiger partial charge on any atom is -0.326 e. The summed E-state index contributed by atoms with van der Waals surface area (Å²) in [6.07, 6.45) is 0.913. The van der Waals surface area contributed by atoms with Crippen molar-refractivity contribution in [3.8, 4) is 0 Å². The van der Waals surface area contributed by atoms with Crippen LogP contribution in [0.3, 0.4) is 0 Å². The number of thiophene rings is 1. The predicted molar refractivity (Wildman–Crippen MR) is 74.6 cm³/mol. The monoisotopic (exact) mass is 260 g/mol. The molecule has 0 saturated heterocycles. The fraction of sp³-hybridized carbons (Fsp3) is 0.154. The summed E-state index contributed by atoms with van der Waals surface area (Å²) in [4.78, 5) is 5.87. The van der Waals surface area contributed by atoms with E-state index >= 15 is 0 Å². The molecule has 2 nitrogen and oxygen atoms in total. The third-order valence-corrected chi connectivity index (χ3v) is 4.65. The van der Waals surface area contributed by atoms with Crippen LogP contribution in [-0.4, -0.2) is 4.98 Å². The lowest BCUT2D eigenvalue weighted by Crippen LogP contribution is -1.92. The number of rotatable bonds is 3. The number of hydrogen-bond acceptors (Lipinski definition) is 4. The van der Waals surface area contributed by atoms with Gasteiger partial charge in [-0.3, -0.25) is 0 Å². The highest BCUT2D eigenvalue weighted by molar-refractivity contribution is 7.18. The van der Waals surface area contributed by atoms with Gasteiger partial charge in [0.1, 0.15) is 0 Å². The summed E-state index contributed by atoms with van der Waals surface area (Å²) in [5.41, 5.74) is 8.03. The van der Waals surface area contributed by atoms with E-state index in [0.29, 0.717) is 6.54 Å². The van der Waals surface area contributed by atoms with Crippen LogP contribution >= 0.6 is 22.7 Å². The van der Waals surface area contributed by atoms with Crippen LogP contribution in [0, 0.1) is 0 Å². The molecule has 0 aliphatic carbocycles. The van der Waals surface area contributed by atoms with E-state index in [9.17, 15) is 0 Å². The molecule has 0 unspecified atom stereocenters. The standard InChI is InChI=1S/C13H12N2S2/c14-7-10-5-9(8-16-10)6-13-15-11-3-1-2-4-12(11)17-13/h1-5,8H,6-7,14H2. The fourth-order valence-electron chi connectivity index (χ4n) is 1.80. The zero-order valence-corrected chi connectivity index (χ0v) is 10.9. The Morgan fingerprint density at radius 2 is 2.12 bits per heavy atom. The summed E-state index contributed by atoms with van der Waals surface area (Å²) < 4.78 is 1.26. The van der Waals surface area contributed by atoms with E-state index in [2.05, 4.69) is 34.6 Å². The average Bonchev–Trinajstić information content (AvgIpc) is 2.94. The molecule has 0 aliphatic rings. The van der Waals surface area contributed by atoms with Crippen LogP contribution in [0.5, 0.6) is 0 Å². The molecule has 0 fully saturated rings. The third-order valence-electron chi connectivity index (χ3n) is 2.60. The van der Waals surface area contributed by atoms with Gasteiger partial charge < -0.3 is 5.73 Å². The van der Waals surface area contributed by atoms with Gasteiger partial charge >= 0.3 is 0 Å². The van der Waals surface area contributed by atoms with E-state index in [0.717, 1.165) is 11.9 Å². The molecule has 4 heteroatoms. The number of nitrogens with two attached hydrogens (primary N) is 1. The van der Waals surface area contributed by atoms with E-state index in [-0.39, 0.29) is 0 Å². The van der Waals surface area contributed by atoms with Gasteiger partial charge in [-0.25, -0.2) is 4.98 Å². The van der Waals surface area contributed by atoms with Crippen LogP contribution in [0.2, 0.25) is 0 Å². The van der Waals surface area contributed by atoms with Crippen LogP contribution in [0.15, 0.2) is 35.7 Å². The smallest absolute Gasteiger partial charge is 0.0982 e. The van der Waals surface area contributed by atoms with Crippen molar-refractivity contribution in [1.82, 2.24) is 4.98 Å². The molecule has 2 aromatic heterocycles. The van der Waals surface area contributed by atoms with Gasteiger partial charge in [0.2, 0.25) is 0 Å². The number of hydrogen-bond donors (Lipinski definition) is 1. The van der Waals surface area contributed by atoms with Gasteiger partial charge in [0, 0.05) is 17.8 Å². The molecule has 0 saturated carbocycles. The van der Waals surface area contributed by atoms with Crippen LogP contribution in [0.25, 0.3) is 10.2 Å². The Kier molecular flexibility index (Phi) is 2.93. The average molecular weight is 260 g/mol. The second kappa shape index (κ2) is 4.56. The Hall–Kier alpha value is -1.23. The summed E-state index contributed by atoms with van der Waals surface area (Å²) in [6, 6.07) is 10.4. The van der Waals surface area contributed by atoms with Crippen molar-refractivity contribution in [2.45, 2.75) is 13.0 Å². The SMILES string of the molecule is NCc1cc(Cc2nc3ccccc3s2)cs1. The molecule has 3 aromatic rings. The fourth-order valence-corrected chi connectivity index (χ4v) is 3.57. The first kappa shape index (κ1) is 10.9. The van der Waals surface area contributed by atoms with Crippen molar-refractivity contribution in [2.24, 2.45) is 5.73 Å². The van der Waals surface area contributed by atoms with Gasteiger partial charge in [-0.1, -0.05) is 12.1 Å². The quantitative estimate of drug-likeness (QED) is 0.784. The first-order valence-corrected chi connectivity index (χ1v) is 7.15. The van der Waals surface area contributed by atoms with E-state index in [1.54, 1.807) is 22.7 Å². The molecule has 0 amide bonds. The third kappa shape index (κ3) is 2.24. The number of aromatic nitrogens is 1. The van der Waals surface area contributed by atoms with Crippen molar-refractivity contribution in [3.05, 3.63) is 51.2 Å². The van der Waals surface area contributed by atoms with E-state index < -0.39 is 0 Å². The lowest BCUT2D eigenvalue weighted by atomic mass is 10.2. The normalized spacial score (nSPS) is 11.1. The molecule has 0 bridgehead atoms. The van der Waals surface area contributed by atoms with E-state index in [1.807, 2.05) is 6.07 Å². The zero-order valence-electron chi connectivity index (χ0n) is 9.22. The number of para-hydroxylation sites is 1. The van der Waals surface area contributed by atoms with E-state index in [1.165, 1.54) is 20.1 Å². The highest BCUT2D eigenvalue weighted by Gasteiger charge is 2.05. The maximum Gasteiger partial charge on any atom is 0.0982 e. The Labute approximate surface area is 108 Å². The van der Waals surface area contributed by atoms with Gasteiger partial charge in [0.25, 0.3) is 0 Å². The summed E-state index contributed by atoms with van der Waals surface area (Å²) >= 11 is 3.50. The number of thiazole rings is 1. The topological polar surface area (TPSA) is 38.9 Å². The summed E-state index contributed by atoms with van der Waals surface area (Å²) in [5, 5.41) is 3.35. The first-order chi connectivity index (χ1) is 8.35. The molecule has 3 rings (SSSR count). The zero-order chi connectivity index (χ0) is 11.7. The van der Waals surface area contributed by atoms with Crippen molar-refractivity contribution in [3.63, 3.8) is 0 Å². The number of fused-ring (bicyclic) bond motifs is 1. The van der Waals surface area contributed by atoms with Crippen molar-refractivity contribution >= 4 is 32.9 Å². The van der Waals surface area contributed by atoms with Crippen LogP contribution in [-0.2, 0) is 13.0 Å². The highest BCUT2D eigenvalue weighted by Crippen LogP contribution is 2.25. The Morgan fingerprint density at radius 1 is 1.24 bits per heavy atom. The summed E-state index contributed by atoms with van der Waals surface area (Å²) in [6.45, 7) is 0.629. The molecular formula is C13H12N2S2. The molecule has 1 aromatic carbocycles. The van der Waals surface area contributed by atoms with Crippen LogP contribution in [0.1, 0.15) is 15.4 Å². The van der Waals surface area contributed by atoms with Crippen molar-refractivity contribution in [2.75, 3.05) is 0 Å². The summed E-state index contributed by atoms with van der Waals surface area (Å²) in [5.74, 6) is 0. The molecule has 2 N–H and O–H groups in total. The molecule has 0 radical (unpaired) electrons. The second-order valence-electron chi connectivity index (χ2n) is 3.88. The largest absolute Gasteiger partial charge is 0.326 e. The van der Waals surface area contributed by atoms with Crippen LogP contribution in [0.4, 0.5) is 0 Å². The lowest BCUT2D eigenvalue weighted by Gasteiger charge is -1.90. The maximum absolute atomic E-state index is 5.62. The van der Waals surface area contributed by atoms with E-state index in [4.69, 9.17) is 5.73 Å². The van der Waals surface area contributed by atoms with Gasteiger partial charge in [-0.2, -0.15) is 0 Å². The maximum atomic E-state index is 5.62. The Morgan fingerprint density at radius 3 is 2.88 bits per heavy atom. The molecule has 2 heterocycles. The number of benzene rings is 1. The molecule has 0 aliphatic heterocycles. The van der Waals surface area contributed by atoms with Crippen LogP contribution < -0.4 is 5.73 Å². The Bertz CT molecular complexity index is 606. The van der Waals surface area contributed by atoms with Gasteiger partial charge in [0.15, 0.2) is 0 Å². The molecule has 0 spiro atoms. The highest BCUT2D eigenvalue weighted by atomic mass is 32.1. The summed E-state index contributed by atoms with van der Waals surface area (Å²) in [7, 11) is 0. The molecule has 86 valence electrons. The van der Waals surface area contributed by atoms with Gasteiger partial charge in [-0.05, 0) is 29.1 Å². The first-order valence-electron chi connectivity index (χ1n) is 5.46. The molecule has 17 heavy (non-hydrogen) atoms. The lowest BCUT2D eigenvalue weighted by molar-refractivity contribution is 1.09. The molecular weight excluding hydrogens is 248 g/mol. The Balaban J connectivity index is 1.89. The van der Waals surface area contributed by atoms with Crippen molar-refractivity contribution in [1.29, 1.82) is 0 Å². The van der Waals surface area contributed by atoms with Gasteiger partial charge in [0.05, 0.1) is 15.2 Å². The predicted octanol–water partition coefficient (Wildman–Crippen LogP) is 3.41. The second-order valence-corrected chi connectivity index (χ2v) is 5.99.